The van der Waals surface area contributed by atoms with Gasteiger partial charge in [0.05, 0.1) is 13.2 Å². The molecule has 1 aromatic heterocycles. The van der Waals surface area contributed by atoms with Crippen molar-refractivity contribution in [1.82, 2.24) is 4.90 Å². The van der Waals surface area contributed by atoms with Gasteiger partial charge in [-0.25, -0.2) is 0 Å². The molecule has 0 unspecified atom stereocenters. The van der Waals surface area contributed by atoms with Gasteiger partial charge in [-0.05, 0) is 25.1 Å². The molecule has 0 saturated carbocycles. The Bertz CT molecular complexity index is 507. The molecule has 4 nitrogen and oxygen atoms in total. The number of morpholine rings is 1. The zero-order valence-corrected chi connectivity index (χ0v) is 11.0. The number of nitrogens with zero attached hydrogens (tertiary/aromatic N) is 2. The van der Waals surface area contributed by atoms with Gasteiger partial charge in [0.1, 0.15) is 11.6 Å². The number of rotatable bonds is 2. The van der Waals surface area contributed by atoms with Gasteiger partial charge in [-0.15, -0.1) is 11.3 Å². The van der Waals surface area contributed by atoms with Crippen molar-refractivity contribution in [2.45, 2.75) is 6.92 Å². The van der Waals surface area contributed by atoms with E-state index in [-0.39, 0.29) is 11.5 Å². The highest BCUT2D eigenvalue weighted by Crippen LogP contribution is 2.19. The summed E-state index contributed by atoms with van der Waals surface area (Å²) in [5, 5.41) is 9.10. The standard InChI is InChI=1S/C13H14N2O2S/c1-10-2-3-12(18-10)8-11(9-14)13(16)15-4-6-17-7-5-15/h2-3,8H,4-7H2,1H3/b11-8+. The molecule has 0 atom stereocenters. The van der Waals surface area contributed by atoms with Crippen LogP contribution in [-0.2, 0) is 9.53 Å². The summed E-state index contributed by atoms with van der Waals surface area (Å²) in [6, 6.07) is 5.89. The van der Waals surface area contributed by atoms with Crippen molar-refractivity contribution in [1.29, 1.82) is 5.26 Å². The fraction of sp³-hybridized carbons (Fsp3) is 0.385. The van der Waals surface area contributed by atoms with Crippen molar-refractivity contribution in [3.05, 3.63) is 27.5 Å². The lowest BCUT2D eigenvalue weighted by molar-refractivity contribution is -0.130. The van der Waals surface area contributed by atoms with Crippen molar-refractivity contribution in [2.24, 2.45) is 0 Å². The van der Waals surface area contributed by atoms with Crippen LogP contribution in [-0.4, -0.2) is 37.1 Å². The van der Waals surface area contributed by atoms with Crippen molar-refractivity contribution in [3.8, 4) is 6.07 Å². The molecule has 1 aliphatic rings. The van der Waals surface area contributed by atoms with E-state index in [1.54, 1.807) is 22.3 Å². The first-order valence-corrected chi connectivity index (χ1v) is 6.57. The molecule has 0 N–H and O–H groups in total. The largest absolute Gasteiger partial charge is 0.378 e. The Morgan fingerprint density at radius 2 is 2.22 bits per heavy atom. The van der Waals surface area contributed by atoms with Crippen LogP contribution in [0.5, 0.6) is 0 Å². The van der Waals surface area contributed by atoms with Gasteiger partial charge < -0.3 is 9.64 Å². The quantitative estimate of drug-likeness (QED) is 0.603. The molecule has 0 bridgehead atoms. The van der Waals surface area contributed by atoms with Gasteiger partial charge in [-0.1, -0.05) is 0 Å². The van der Waals surface area contributed by atoms with E-state index in [4.69, 9.17) is 10.00 Å². The first-order chi connectivity index (χ1) is 8.70. The number of nitriles is 1. The zero-order chi connectivity index (χ0) is 13.0. The van der Waals surface area contributed by atoms with Gasteiger partial charge in [-0.3, -0.25) is 4.79 Å². The molecule has 0 aliphatic carbocycles. The summed E-state index contributed by atoms with van der Waals surface area (Å²) < 4.78 is 5.19. The fourth-order valence-corrected chi connectivity index (χ4v) is 2.57. The normalized spacial score (nSPS) is 16.4. The average molecular weight is 262 g/mol. The lowest BCUT2D eigenvalue weighted by atomic mass is 10.2. The minimum atomic E-state index is -0.202. The monoisotopic (exact) mass is 262 g/mol. The molecule has 0 aromatic carbocycles. The summed E-state index contributed by atoms with van der Waals surface area (Å²) >= 11 is 1.57. The molecule has 1 amide bonds. The number of hydrogen-bond acceptors (Lipinski definition) is 4. The van der Waals surface area contributed by atoms with E-state index in [0.717, 1.165) is 9.75 Å². The van der Waals surface area contributed by atoms with E-state index in [0.29, 0.717) is 26.3 Å². The van der Waals surface area contributed by atoms with Crippen LogP contribution in [0, 0.1) is 18.3 Å². The maximum Gasteiger partial charge on any atom is 0.264 e. The third-order valence-electron chi connectivity index (χ3n) is 2.70. The van der Waals surface area contributed by atoms with Crippen LogP contribution in [0.1, 0.15) is 9.75 Å². The molecular weight excluding hydrogens is 248 g/mol. The molecule has 2 rings (SSSR count). The maximum atomic E-state index is 12.1. The van der Waals surface area contributed by atoms with Gasteiger partial charge in [0.25, 0.3) is 5.91 Å². The van der Waals surface area contributed by atoms with Crippen LogP contribution in [0.25, 0.3) is 6.08 Å². The Balaban J connectivity index is 2.15. The number of hydrogen-bond donors (Lipinski definition) is 0. The topological polar surface area (TPSA) is 53.3 Å². The van der Waals surface area contributed by atoms with Crippen LogP contribution in [0.3, 0.4) is 0 Å². The second kappa shape index (κ2) is 5.80. The second-order valence-electron chi connectivity index (χ2n) is 4.02. The molecule has 1 aromatic rings. The van der Waals surface area contributed by atoms with Crippen molar-refractivity contribution in [3.63, 3.8) is 0 Å². The minimum Gasteiger partial charge on any atom is -0.378 e. The van der Waals surface area contributed by atoms with Gasteiger partial charge in [0.2, 0.25) is 0 Å². The summed E-state index contributed by atoms with van der Waals surface area (Å²) in [5.41, 5.74) is 0.193. The number of thiophene rings is 1. The van der Waals surface area contributed by atoms with Crippen molar-refractivity contribution >= 4 is 23.3 Å². The van der Waals surface area contributed by atoms with Crippen LogP contribution in [0.4, 0.5) is 0 Å². The molecule has 1 aliphatic heterocycles. The molecule has 18 heavy (non-hydrogen) atoms. The summed E-state index contributed by atoms with van der Waals surface area (Å²) in [4.78, 5) is 15.9. The van der Waals surface area contributed by atoms with Crippen LogP contribution < -0.4 is 0 Å². The Morgan fingerprint density at radius 3 is 2.78 bits per heavy atom. The average Bonchev–Trinajstić information content (AvgIpc) is 2.82. The Labute approximate surface area is 110 Å². The van der Waals surface area contributed by atoms with E-state index in [2.05, 4.69) is 0 Å². The SMILES string of the molecule is Cc1ccc(/C=C(\C#N)C(=O)N2CCOCC2)s1. The lowest BCUT2D eigenvalue weighted by Crippen LogP contribution is -2.41. The van der Waals surface area contributed by atoms with E-state index >= 15 is 0 Å². The van der Waals surface area contributed by atoms with E-state index in [1.165, 1.54) is 0 Å². The van der Waals surface area contributed by atoms with Crippen LogP contribution in [0.15, 0.2) is 17.7 Å². The predicted octanol–water partition coefficient (Wildman–Crippen LogP) is 1.82. The first kappa shape index (κ1) is 12.8. The summed E-state index contributed by atoms with van der Waals surface area (Å²) in [6.45, 7) is 4.20. The molecule has 94 valence electrons. The molecule has 0 spiro atoms. The number of amides is 1. The third-order valence-corrected chi connectivity index (χ3v) is 3.64. The molecule has 5 heteroatoms. The second-order valence-corrected chi connectivity index (χ2v) is 5.34. The molecule has 0 radical (unpaired) electrons. The van der Waals surface area contributed by atoms with Gasteiger partial charge >= 0.3 is 0 Å². The highest BCUT2D eigenvalue weighted by Gasteiger charge is 2.20. The van der Waals surface area contributed by atoms with Gasteiger partial charge in [0, 0.05) is 22.8 Å². The Morgan fingerprint density at radius 1 is 1.50 bits per heavy atom. The van der Waals surface area contributed by atoms with E-state index < -0.39 is 0 Å². The third kappa shape index (κ3) is 2.97. The number of carbonyl (C=O) groups is 1. The molecule has 1 fully saturated rings. The van der Waals surface area contributed by atoms with Crippen molar-refractivity contribution in [2.75, 3.05) is 26.3 Å². The molecule has 1 saturated heterocycles. The highest BCUT2D eigenvalue weighted by atomic mass is 32.1. The van der Waals surface area contributed by atoms with Gasteiger partial charge in [0.15, 0.2) is 0 Å². The van der Waals surface area contributed by atoms with E-state index in [9.17, 15) is 4.79 Å². The summed E-state index contributed by atoms with van der Waals surface area (Å²) in [5.74, 6) is -0.202. The van der Waals surface area contributed by atoms with Gasteiger partial charge in [-0.2, -0.15) is 5.26 Å². The smallest absolute Gasteiger partial charge is 0.264 e. The summed E-state index contributed by atoms with van der Waals surface area (Å²) in [7, 11) is 0. The van der Waals surface area contributed by atoms with E-state index in [1.807, 2.05) is 25.1 Å². The zero-order valence-electron chi connectivity index (χ0n) is 10.2. The molecule has 2 heterocycles. The number of aryl methyl sites for hydroxylation is 1. The van der Waals surface area contributed by atoms with Crippen LogP contribution >= 0.6 is 11.3 Å². The Hall–Kier alpha value is -1.64. The predicted molar refractivity (Wildman–Crippen MR) is 70.0 cm³/mol. The number of ether oxygens (including phenoxy) is 1. The fourth-order valence-electron chi connectivity index (χ4n) is 1.75. The minimum absolute atomic E-state index is 0.193. The molecular formula is C13H14N2O2S. The Kier molecular flexibility index (Phi) is 4.13. The highest BCUT2D eigenvalue weighted by molar-refractivity contribution is 7.12. The number of carbonyl (C=O) groups excluding carboxylic acids is 1. The first-order valence-electron chi connectivity index (χ1n) is 5.76. The summed E-state index contributed by atoms with van der Waals surface area (Å²) in [6.07, 6.45) is 1.66. The lowest BCUT2D eigenvalue weighted by Gasteiger charge is -2.26. The maximum absolute atomic E-state index is 12.1. The van der Waals surface area contributed by atoms with Crippen LogP contribution in [0.2, 0.25) is 0 Å². The van der Waals surface area contributed by atoms with Crippen molar-refractivity contribution < 1.29 is 9.53 Å².